The standard InChI is InChI=1S/C84H144N2.Pd/c1-5-9-13-16-19-22-25-28-31-34-37-39-41-43-46-49-52-55-58-61-64-71-79-73-67-69-76-81(79)85-83(75-12-8-4)84(78-66-63-60-57-54-51-48-45-36-33-30-27-24-21-18-15-11-7-3)86-82-77-70-68-74-80(82)72-65-62-59-56-53-50-47-44-42-40-38-35-32-29-26-23-20-17-14-10-6-2;/h55-56,58-59,67-70,73-74,76-77H,5-54,57,60-65,71-72,75H2,1-4H3;/b58-55+,59-56+,85-83?,86-84?;. The van der Waals surface area contributed by atoms with Crippen LogP contribution in [0.4, 0.5) is 11.4 Å². The second-order valence-electron chi connectivity index (χ2n) is 26.6. The second kappa shape index (κ2) is 67.9. The van der Waals surface area contributed by atoms with Crippen molar-refractivity contribution in [3.8, 4) is 11.8 Å². The number of nitrogens with zero attached hydrogens (tertiary/aromatic N) is 2. The van der Waals surface area contributed by atoms with E-state index >= 15 is 0 Å². The zero-order valence-corrected chi connectivity index (χ0v) is 60.1. The molecule has 0 amide bonds. The fourth-order valence-electron chi connectivity index (χ4n) is 12.5. The van der Waals surface area contributed by atoms with Crippen LogP contribution < -0.4 is 0 Å². The van der Waals surface area contributed by atoms with Crippen LogP contribution >= 0.6 is 0 Å². The van der Waals surface area contributed by atoms with Crippen molar-refractivity contribution in [2.75, 3.05) is 0 Å². The Hall–Kier alpha value is -2.52. The molecule has 500 valence electrons. The van der Waals surface area contributed by atoms with Crippen LogP contribution in [0, 0.1) is 11.8 Å². The van der Waals surface area contributed by atoms with E-state index in [4.69, 9.17) is 9.98 Å². The van der Waals surface area contributed by atoms with E-state index in [1.807, 2.05) is 0 Å². The second-order valence-corrected chi connectivity index (χ2v) is 26.6. The Morgan fingerprint density at radius 3 is 0.885 bits per heavy atom. The minimum absolute atomic E-state index is 0. The topological polar surface area (TPSA) is 24.7 Å². The van der Waals surface area contributed by atoms with Gasteiger partial charge in [0, 0.05) is 26.8 Å². The predicted molar refractivity (Wildman–Crippen MR) is 391 cm³/mol. The molecule has 0 fully saturated rings. The number of rotatable bonds is 64. The third-order valence-corrected chi connectivity index (χ3v) is 18.3. The summed E-state index contributed by atoms with van der Waals surface area (Å²) in [5.41, 5.74) is 6.78. The minimum Gasteiger partial charge on any atom is -0.250 e. The molecule has 87 heavy (non-hydrogen) atoms. The quantitative estimate of drug-likeness (QED) is 0.0207. The van der Waals surface area contributed by atoms with Crippen LogP contribution in [0.15, 0.2) is 82.8 Å². The molecule has 0 N–H and O–H groups in total. The molecule has 2 aromatic rings. The first-order chi connectivity index (χ1) is 42.7. The third kappa shape index (κ3) is 53.8. The Morgan fingerprint density at radius 1 is 0.299 bits per heavy atom. The first-order valence-corrected chi connectivity index (χ1v) is 38.8. The van der Waals surface area contributed by atoms with Gasteiger partial charge in [-0.25, -0.2) is 4.99 Å². The van der Waals surface area contributed by atoms with Crippen molar-refractivity contribution >= 4 is 22.8 Å². The Labute approximate surface area is 558 Å². The number of aryl methyl sites for hydroxylation is 2. The minimum atomic E-state index is 0. The molecule has 0 aliphatic heterocycles. The normalized spacial score (nSPS) is 12.0. The van der Waals surface area contributed by atoms with Gasteiger partial charge < -0.3 is 0 Å². The van der Waals surface area contributed by atoms with E-state index in [0.29, 0.717) is 0 Å². The van der Waals surface area contributed by atoms with Crippen LogP contribution in [-0.4, -0.2) is 11.4 Å². The van der Waals surface area contributed by atoms with Gasteiger partial charge in [0.15, 0.2) is 0 Å². The Bertz CT molecular complexity index is 1930. The van der Waals surface area contributed by atoms with Crippen LogP contribution in [0.1, 0.15) is 411 Å². The SMILES string of the molecule is CCCCCCCCCCCCCCCCCCC#CC(=Nc1ccccc1CCC/C=C/CCCCCCCCCCCCCCCCCC)C(CCCC)=Nc1ccccc1CCC/C=C/CCCCCCCCCCCCCCCCCC.[Pd]. The van der Waals surface area contributed by atoms with Gasteiger partial charge in [0.05, 0.1) is 17.1 Å². The Kier molecular flexibility index (Phi) is 64.3. The maximum absolute atomic E-state index is 5.54. The van der Waals surface area contributed by atoms with Gasteiger partial charge in [0.2, 0.25) is 0 Å². The van der Waals surface area contributed by atoms with Crippen LogP contribution in [0.2, 0.25) is 0 Å². The number of hydrogen-bond donors (Lipinski definition) is 0. The van der Waals surface area contributed by atoms with Crippen LogP contribution in [0.5, 0.6) is 0 Å². The smallest absolute Gasteiger partial charge is 0.135 e. The molecule has 0 heterocycles. The summed E-state index contributed by atoms with van der Waals surface area (Å²) < 4.78 is 0. The summed E-state index contributed by atoms with van der Waals surface area (Å²) in [7, 11) is 0. The van der Waals surface area contributed by atoms with Crippen LogP contribution in [0.3, 0.4) is 0 Å². The summed E-state index contributed by atoms with van der Waals surface area (Å²) in [6, 6.07) is 17.8. The number of hydrogen-bond acceptors (Lipinski definition) is 2. The van der Waals surface area contributed by atoms with E-state index in [2.05, 4.69) is 112 Å². The average Bonchev–Trinajstić information content (AvgIpc) is 3.63. The molecule has 0 radical (unpaired) electrons. The zero-order chi connectivity index (χ0) is 61.2. The van der Waals surface area contributed by atoms with Crippen LogP contribution in [-0.2, 0) is 33.3 Å². The van der Waals surface area contributed by atoms with Gasteiger partial charge in [0.25, 0.3) is 0 Å². The van der Waals surface area contributed by atoms with Crippen molar-refractivity contribution in [1.82, 2.24) is 0 Å². The molecule has 0 spiro atoms. The molecular weight excluding hydrogens is 1140 g/mol. The summed E-state index contributed by atoms with van der Waals surface area (Å²) in [6.07, 6.45) is 90.8. The molecule has 0 saturated carbocycles. The molecule has 0 aliphatic carbocycles. The van der Waals surface area contributed by atoms with Gasteiger partial charge in [0.1, 0.15) is 5.71 Å². The molecule has 0 unspecified atom stereocenters. The van der Waals surface area contributed by atoms with Crippen molar-refractivity contribution in [3.05, 3.63) is 84.0 Å². The van der Waals surface area contributed by atoms with E-state index in [-0.39, 0.29) is 20.4 Å². The molecule has 0 atom stereocenters. The number of para-hydroxylation sites is 2. The maximum atomic E-state index is 5.54. The van der Waals surface area contributed by atoms with E-state index in [9.17, 15) is 0 Å². The Morgan fingerprint density at radius 2 is 0.563 bits per heavy atom. The molecule has 0 bridgehead atoms. The number of aliphatic imine (C=N–C) groups is 2. The van der Waals surface area contributed by atoms with E-state index < -0.39 is 0 Å². The van der Waals surface area contributed by atoms with E-state index in [0.717, 1.165) is 87.0 Å². The van der Waals surface area contributed by atoms with Crippen molar-refractivity contribution in [2.45, 2.75) is 413 Å². The third-order valence-electron chi connectivity index (χ3n) is 18.3. The van der Waals surface area contributed by atoms with E-state index in [1.54, 1.807) is 0 Å². The fourth-order valence-corrected chi connectivity index (χ4v) is 12.5. The van der Waals surface area contributed by atoms with Gasteiger partial charge in [-0.05, 0) is 113 Å². The van der Waals surface area contributed by atoms with Crippen molar-refractivity contribution < 1.29 is 20.4 Å². The van der Waals surface area contributed by atoms with Gasteiger partial charge in [-0.15, -0.1) is 0 Å². The largest absolute Gasteiger partial charge is 0.250 e. The summed E-state index contributed by atoms with van der Waals surface area (Å²) in [5, 5.41) is 0. The molecule has 2 aromatic carbocycles. The first-order valence-electron chi connectivity index (χ1n) is 38.8. The average molecular weight is 1290 g/mol. The van der Waals surface area contributed by atoms with Crippen molar-refractivity contribution in [2.24, 2.45) is 9.98 Å². The molecule has 0 saturated heterocycles. The molecular formula is C84H144N2Pd. The zero-order valence-electron chi connectivity index (χ0n) is 58.6. The monoisotopic (exact) mass is 1290 g/mol. The number of allylic oxidation sites excluding steroid dienone is 4. The van der Waals surface area contributed by atoms with Crippen LogP contribution in [0.25, 0.3) is 0 Å². The maximum Gasteiger partial charge on any atom is 0.135 e. The summed E-state index contributed by atoms with van der Waals surface area (Å²) in [6.45, 7) is 9.23. The molecule has 0 aliphatic rings. The van der Waals surface area contributed by atoms with E-state index in [1.165, 1.54) is 332 Å². The fraction of sp³-hybridized carbons (Fsp3) is 0.762. The molecule has 2 nitrogen and oxygen atoms in total. The van der Waals surface area contributed by atoms with Crippen molar-refractivity contribution in [1.29, 1.82) is 0 Å². The number of unbranched alkanes of at least 4 members (excludes halogenated alkanes) is 51. The van der Waals surface area contributed by atoms with Gasteiger partial charge >= 0.3 is 0 Å². The predicted octanol–water partition coefficient (Wildman–Crippen LogP) is 29.4. The number of benzene rings is 2. The summed E-state index contributed by atoms with van der Waals surface area (Å²) in [5.74, 6) is 7.34. The van der Waals surface area contributed by atoms with Gasteiger partial charge in [-0.2, -0.15) is 0 Å². The Balaban J connectivity index is 0.0000378. The van der Waals surface area contributed by atoms with Gasteiger partial charge in [-0.3, -0.25) is 4.99 Å². The molecule has 3 heteroatoms. The molecule has 0 aromatic heterocycles. The summed E-state index contributed by atoms with van der Waals surface area (Å²) >= 11 is 0. The van der Waals surface area contributed by atoms with Gasteiger partial charge in [-0.1, -0.05) is 390 Å². The van der Waals surface area contributed by atoms with Crippen molar-refractivity contribution in [3.63, 3.8) is 0 Å². The molecule has 2 rings (SSSR count). The summed E-state index contributed by atoms with van der Waals surface area (Å²) in [4.78, 5) is 11.0. The first kappa shape index (κ1) is 82.5.